The minimum Gasteiger partial charge on any atom is -0.508 e. The lowest BCUT2D eigenvalue weighted by molar-refractivity contribution is -0.144. The van der Waals surface area contributed by atoms with Crippen molar-refractivity contribution in [3.8, 4) is 10.8 Å². The first kappa shape index (κ1) is 53.6. The topological polar surface area (TPSA) is 115 Å². The largest absolute Gasteiger partial charge is 0.508 e. The molecule has 0 spiro atoms. The van der Waals surface area contributed by atoms with E-state index in [1.807, 2.05) is 79.7 Å². The number of thiophene rings is 1. The quantitative estimate of drug-likeness (QED) is 0.0879. The average molecular weight is 1060 g/mol. The van der Waals surface area contributed by atoms with E-state index in [0.717, 1.165) is 58.2 Å². The Morgan fingerprint density at radius 2 is 1.17 bits per heavy atom. The number of aryl methyl sites for hydroxylation is 2. The monoisotopic (exact) mass is 1060 g/mol. The van der Waals surface area contributed by atoms with E-state index in [1.165, 1.54) is 28.0 Å². The van der Waals surface area contributed by atoms with Crippen LogP contribution in [0.15, 0.2) is 172 Å². The molecular weight excluding hydrogens is 987 g/mol. The zero-order valence-corrected chi connectivity index (χ0v) is 47.9. The molecule has 0 saturated heterocycles. The molecule has 10 nitrogen and oxygen atoms in total. The van der Waals surface area contributed by atoms with Gasteiger partial charge in [0.15, 0.2) is 0 Å². The van der Waals surface area contributed by atoms with Crippen LogP contribution in [-0.2, 0) is 36.9 Å². The van der Waals surface area contributed by atoms with Gasteiger partial charge in [0.2, 0.25) is 5.89 Å². The van der Waals surface area contributed by atoms with Crippen LogP contribution in [0.5, 0.6) is 0 Å². The number of benzene rings is 5. The summed E-state index contributed by atoms with van der Waals surface area (Å²) in [4.78, 5) is 52.2. The third kappa shape index (κ3) is 9.94. The summed E-state index contributed by atoms with van der Waals surface area (Å²) in [5.74, 6) is -0.339. The van der Waals surface area contributed by atoms with Crippen LogP contribution in [0.4, 0.5) is 0 Å². The molecule has 0 N–H and O–H groups in total. The fourth-order valence-corrected chi connectivity index (χ4v) is 22.0. The minimum atomic E-state index is -3.49. The number of hydrogen-bond acceptors (Lipinski definition) is 9. The van der Waals surface area contributed by atoms with Crippen LogP contribution in [0.2, 0.25) is 10.1 Å². The predicted molar refractivity (Wildman–Crippen MR) is 308 cm³/mol. The van der Waals surface area contributed by atoms with Gasteiger partial charge in [-0.25, -0.2) is 14.3 Å². The highest BCUT2D eigenvalue weighted by atomic mass is 32.1. The summed E-state index contributed by atoms with van der Waals surface area (Å²) in [5, 5.41) is 3.90. The third-order valence-corrected chi connectivity index (χ3v) is 26.7. The van der Waals surface area contributed by atoms with Crippen molar-refractivity contribution in [3.05, 3.63) is 196 Å². The molecule has 0 radical (unpaired) electrons. The smallest absolute Gasteiger partial charge is 0.333 e. The summed E-state index contributed by atoms with van der Waals surface area (Å²) < 4.78 is 30.7. The van der Waals surface area contributed by atoms with Crippen molar-refractivity contribution in [1.82, 2.24) is 14.1 Å². The van der Waals surface area contributed by atoms with Crippen molar-refractivity contribution in [2.45, 2.75) is 142 Å². The zero-order valence-electron chi connectivity index (χ0n) is 45.1. The van der Waals surface area contributed by atoms with Crippen molar-refractivity contribution in [3.63, 3.8) is 0 Å². The second kappa shape index (κ2) is 21.4. The van der Waals surface area contributed by atoms with E-state index in [-0.39, 0.29) is 23.8 Å². The number of carbonyl (C=O) groups excluding carboxylic acids is 1. The Kier molecular flexibility index (Phi) is 15.3. The highest BCUT2D eigenvalue weighted by Crippen LogP contribution is 2.42. The van der Waals surface area contributed by atoms with Crippen LogP contribution in [0.25, 0.3) is 21.0 Å². The van der Waals surface area contributed by atoms with Crippen LogP contribution < -0.4 is 32.0 Å². The second-order valence-electron chi connectivity index (χ2n) is 22.6. The molecule has 5 aromatic carbocycles. The Labute approximate surface area is 447 Å². The first-order chi connectivity index (χ1) is 35.8. The van der Waals surface area contributed by atoms with Gasteiger partial charge >= 0.3 is 20.0 Å². The molecule has 1 fully saturated rings. The average Bonchev–Trinajstić information content (AvgIpc) is 4.07. The van der Waals surface area contributed by atoms with E-state index in [4.69, 9.17) is 18.0 Å². The van der Waals surface area contributed by atoms with E-state index in [0.29, 0.717) is 26.5 Å². The molecule has 13 heteroatoms. The first-order valence-corrected chi connectivity index (χ1v) is 31.0. The summed E-state index contributed by atoms with van der Waals surface area (Å²) in [5.41, 5.74) is -0.340. The van der Waals surface area contributed by atoms with Crippen molar-refractivity contribution in [2.75, 3.05) is 0 Å². The van der Waals surface area contributed by atoms with Gasteiger partial charge in [-0.15, -0.1) is 11.3 Å². The van der Waals surface area contributed by atoms with Gasteiger partial charge in [-0.1, -0.05) is 194 Å². The zero-order chi connectivity index (χ0) is 53.3. The maximum Gasteiger partial charge on any atom is 0.333 e. The lowest BCUT2D eigenvalue weighted by atomic mass is 9.94. The summed E-state index contributed by atoms with van der Waals surface area (Å²) >= 11 is 1.28. The Balaban J connectivity index is 1.12. The SMILES string of the molecule is CCc1ccccc1[C@H](Cn1c(=O)n(C(C)(C)C(=O)O[Si](c2ccccc2)(c2ccccc2)C(C)(C)C)c(=O)c2c(C)c(-c3ncco3)sc21)OC1CCC(O[Si](c2ccccc2)(c2ccccc2)C(C)(C)C)CC1. The Hall–Kier alpha value is -6.23. The number of fused-ring (bicyclic) bond motifs is 1. The summed E-state index contributed by atoms with van der Waals surface area (Å²) in [7, 11) is -6.29. The molecule has 75 heavy (non-hydrogen) atoms. The molecule has 3 heterocycles. The third-order valence-electron chi connectivity index (χ3n) is 15.4. The molecule has 1 aliphatic carbocycles. The molecule has 1 atom stereocenters. The molecule has 0 aliphatic heterocycles. The first-order valence-electron chi connectivity index (χ1n) is 26.4. The van der Waals surface area contributed by atoms with Crippen LogP contribution in [0.3, 0.4) is 0 Å². The Morgan fingerprint density at radius 3 is 1.65 bits per heavy atom. The molecule has 1 aliphatic rings. The molecule has 3 aromatic heterocycles. The van der Waals surface area contributed by atoms with Gasteiger partial charge in [0.1, 0.15) is 22.7 Å². The normalized spacial score (nSPS) is 16.2. The summed E-state index contributed by atoms with van der Waals surface area (Å²) in [6.45, 7) is 20.5. The maximum absolute atomic E-state index is 15.8. The number of hydrogen-bond donors (Lipinski definition) is 0. The lowest BCUT2D eigenvalue weighted by Crippen LogP contribution is -2.69. The fourth-order valence-electron chi connectivity index (χ4n) is 11.6. The van der Waals surface area contributed by atoms with Crippen molar-refractivity contribution < 1.29 is 22.8 Å². The van der Waals surface area contributed by atoms with Crippen LogP contribution in [0.1, 0.15) is 111 Å². The lowest BCUT2D eigenvalue weighted by Gasteiger charge is -2.46. The maximum atomic E-state index is 15.8. The van der Waals surface area contributed by atoms with Gasteiger partial charge in [0.05, 0.1) is 29.1 Å². The van der Waals surface area contributed by atoms with Gasteiger partial charge in [0.25, 0.3) is 13.9 Å². The van der Waals surface area contributed by atoms with Crippen LogP contribution in [-0.4, -0.2) is 48.9 Å². The summed E-state index contributed by atoms with van der Waals surface area (Å²) in [6, 6.07) is 49.6. The molecule has 0 unspecified atom stereocenters. The molecule has 0 amide bonds. The number of ether oxygens (including phenoxy) is 1. The van der Waals surface area contributed by atoms with E-state index in [1.54, 1.807) is 24.6 Å². The number of nitrogens with zero attached hydrogens (tertiary/aromatic N) is 3. The molecule has 1 saturated carbocycles. The molecular formula is C62H71N3O7SSi2. The van der Waals surface area contributed by atoms with Gasteiger partial charge < -0.3 is 18.0 Å². The Morgan fingerprint density at radius 1 is 0.693 bits per heavy atom. The van der Waals surface area contributed by atoms with Crippen LogP contribution >= 0.6 is 11.3 Å². The van der Waals surface area contributed by atoms with Crippen LogP contribution in [0, 0.1) is 6.92 Å². The fraction of sp³-hybridized carbons (Fsp3) is 0.355. The highest BCUT2D eigenvalue weighted by Gasteiger charge is 2.56. The second-order valence-corrected chi connectivity index (χ2v) is 32.0. The number of oxazole rings is 1. The minimum absolute atomic E-state index is 0.0110. The van der Waals surface area contributed by atoms with E-state index >= 15 is 14.4 Å². The molecule has 8 aromatic rings. The van der Waals surface area contributed by atoms with Gasteiger partial charge in [0, 0.05) is 6.10 Å². The van der Waals surface area contributed by atoms with Gasteiger partial charge in [-0.2, -0.15) is 0 Å². The molecule has 9 rings (SSSR count). The number of rotatable bonds is 16. The Bertz CT molecular complexity index is 3270. The van der Waals surface area contributed by atoms with E-state index in [2.05, 4.69) is 126 Å². The number of aromatic nitrogens is 3. The van der Waals surface area contributed by atoms with Crippen molar-refractivity contribution >= 4 is 64.9 Å². The highest BCUT2D eigenvalue weighted by molar-refractivity contribution is 7.22. The standard InChI is InChI=1S/C62H71N3O7SSi2/c1-11-44-26-24-25-35-51(44)52(70-45-36-38-46(39-37-45)71-74(60(3,4)5,47-27-16-12-17-28-47)48-29-18-13-19-30-48)42-64-57-53(43(2)54(73-57)55-63-40-41-69-55)56(66)65(59(64)68)62(9,10)58(67)72-75(61(6,7)8,49-31-20-14-21-32-49)50-33-22-15-23-34-50/h12-35,40-41,45-46,52H,11,36-39,42H2,1-10H3/t45?,46?,52-/m0/s1. The van der Waals surface area contributed by atoms with Gasteiger partial charge in [-0.3, -0.25) is 14.2 Å². The molecule has 390 valence electrons. The molecule has 0 bridgehead atoms. The van der Waals surface area contributed by atoms with Gasteiger partial charge in [-0.05, 0) is 100 Å². The predicted octanol–water partition coefficient (Wildman–Crippen LogP) is 11.2. The van der Waals surface area contributed by atoms with Crippen molar-refractivity contribution in [1.29, 1.82) is 0 Å². The van der Waals surface area contributed by atoms with Crippen molar-refractivity contribution in [2.24, 2.45) is 0 Å². The van der Waals surface area contributed by atoms with E-state index < -0.39 is 50.5 Å². The van der Waals surface area contributed by atoms with E-state index in [9.17, 15) is 0 Å². The summed E-state index contributed by atoms with van der Waals surface area (Å²) in [6.07, 6.45) is 6.17. The number of carbonyl (C=O) groups is 1.